The first-order chi connectivity index (χ1) is 9.30. The van der Waals surface area contributed by atoms with Crippen LogP contribution in [0.3, 0.4) is 0 Å². The molecule has 6 heteroatoms. The van der Waals surface area contributed by atoms with Crippen molar-refractivity contribution >= 4 is 46.1 Å². The number of fused-ring (bicyclic) bond motifs is 1. The van der Waals surface area contributed by atoms with Gasteiger partial charge in [-0.05, 0) is 29.7 Å². The second-order valence-corrected chi connectivity index (χ2v) is 3.45. The second kappa shape index (κ2) is 5.45. The lowest BCUT2D eigenvalue weighted by Crippen LogP contribution is -1.76. The zero-order chi connectivity index (χ0) is 13.7. The Hall–Kier alpha value is -3.16. The lowest BCUT2D eigenvalue weighted by molar-refractivity contribution is 0.564. The number of aliphatic imine (C=N–C) groups is 3. The van der Waals surface area contributed by atoms with Gasteiger partial charge < -0.3 is 0 Å². The first-order valence-corrected chi connectivity index (χ1v) is 5.10. The summed E-state index contributed by atoms with van der Waals surface area (Å²) in [5.74, 6) is 0. The fourth-order valence-corrected chi connectivity index (χ4v) is 1.71. The number of nitrogens with zero attached hydrogens (tertiary/aromatic N) is 3. The maximum atomic E-state index is 10.4. The van der Waals surface area contributed by atoms with Crippen molar-refractivity contribution in [1.82, 2.24) is 0 Å². The van der Waals surface area contributed by atoms with Crippen molar-refractivity contribution < 1.29 is 14.4 Å². The average Bonchev–Trinajstić information content (AvgIpc) is 2.42. The molecule has 0 aliphatic carbocycles. The molecule has 0 atom stereocenters. The highest BCUT2D eigenvalue weighted by molar-refractivity contribution is 6.00. The minimum Gasteiger partial charge on any atom is -0.211 e. The summed E-state index contributed by atoms with van der Waals surface area (Å²) in [5.41, 5.74) is 0.866. The van der Waals surface area contributed by atoms with E-state index in [9.17, 15) is 14.4 Å². The van der Waals surface area contributed by atoms with Crippen LogP contribution in [0.2, 0.25) is 0 Å². The zero-order valence-corrected chi connectivity index (χ0v) is 9.45. The van der Waals surface area contributed by atoms with Gasteiger partial charge >= 0.3 is 0 Å². The molecule has 0 amide bonds. The molecule has 0 bridgehead atoms. The average molecular weight is 251 g/mol. The van der Waals surface area contributed by atoms with E-state index in [4.69, 9.17) is 0 Å². The van der Waals surface area contributed by atoms with E-state index in [2.05, 4.69) is 15.0 Å². The fraction of sp³-hybridized carbons (Fsp3) is 0. The van der Waals surface area contributed by atoms with Gasteiger partial charge in [0.05, 0.1) is 5.69 Å². The monoisotopic (exact) mass is 251 g/mol. The van der Waals surface area contributed by atoms with Gasteiger partial charge in [0, 0.05) is 5.39 Å². The number of rotatable bonds is 3. The predicted molar refractivity (Wildman–Crippen MR) is 67.3 cm³/mol. The molecule has 90 valence electrons. The lowest BCUT2D eigenvalue weighted by Gasteiger charge is -2.03. The van der Waals surface area contributed by atoms with Crippen LogP contribution in [0.15, 0.2) is 45.3 Å². The molecule has 0 saturated heterocycles. The molecule has 0 aromatic heterocycles. The molecule has 0 unspecified atom stereocenters. The number of hydrogen-bond donors (Lipinski definition) is 0. The Morgan fingerprint density at radius 3 is 2.21 bits per heavy atom. The first kappa shape index (κ1) is 12.3. The standard InChI is InChI=1S/C13H5N3O3/c17-6-14-10-2-3-11-9(5-10)1-4-12(15-7-18)13(11)16-8-19/h1-5H. The van der Waals surface area contributed by atoms with Gasteiger partial charge in [0.1, 0.15) is 11.4 Å². The molecule has 6 nitrogen and oxygen atoms in total. The normalized spacial score (nSPS) is 9.05. The van der Waals surface area contributed by atoms with E-state index in [0.29, 0.717) is 16.5 Å². The van der Waals surface area contributed by atoms with Gasteiger partial charge in [-0.1, -0.05) is 6.07 Å². The Bertz CT molecular complexity index is 794. The molecule has 0 spiro atoms. The van der Waals surface area contributed by atoms with Gasteiger partial charge in [-0.3, -0.25) is 0 Å². The van der Waals surface area contributed by atoms with Crippen molar-refractivity contribution in [2.24, 2.45) is 15.0 Å². The van der Waals surface area contributed by atoms with Crippen molar-refractivity contribution in [3.8, 4) is 0 Å². The van der Waals surface area contributed by atoms with Gasteiger partial charge in [-0.25, -0.2) is 14.4 Å². The van der Waals surface area contributed by atoms with Crippen LogP contribution in [0, 0.1) is 0 Å². The second-order valence-electron chi connectivity index (χ2n) is 3.45. The van der Waals surface area contributed by atoms with Gasteiger partial charge in [-0.2, -0.15) is 15.0 Å². The number of hydrogen-bond acceptors (Lipinski definition) is 6. The highest BCUT2D eigenvalue weighted by Crippen LogP contribution is 2.36. The quantitative estimate of drug-likeness (QED) is 0.620. The third-order valence-corrected chi connectivity index (χ3v) is 2.45. The van der Waals surface area contributed by atoms with Gasteiger partial charge in [0.15, 0.2) is 0 Å². The molecule has 0 saturated carbocycles. The van der Waals surface area contributed by atoms with E-state index in [1.807, 2.05) is 0 Å². The fourth-order valence-electron chi connectivity index (χ4n) is 1.71. The largest absolute Gasteiger partial charge is 0.240 e. The number of carbonyl (C=O) groups excluding carboxylic acids is 3. The molecule has 2 aromatic rings. The van der Waals surface area contributed by atoms with E-state index in [-0.39, 0.29) is 11.4 Å². The van der Waals surface area contributed by atoms with Crippen LogP contribution < -0.4 is 0 Å². The third-order valence-electron chi connectivity index (χ3n) is 2.45. The van der Waals surface area contributed by atoms with Crippen LogP contribution in [-0.2, 0) is 14.4 Å². The van der Waals surface area contributed by atoms with Crippen LogP contribution in [0.25, 0.3) is 10.8 Å². The maximum Gasteiger partial charge on any atom is 0.240 e. The van der Waals surface area contributed by atoms with Gasteiger partial charge in [0.2, 0.25) is 18.2 Å². The van der Waals surface area contributed by atoms with Crippen molar-refractivity contribution in [1.29, 1.82) is 0 Å². The Morgan fingerprint density at radius 2 is 1.53 bits per heavy atom. The minimum absolute atomic E-state index is 0.220. The van der Waals surface area contributed by atoms with E-state index in [0.717, 1.165) is 0 Å². The topological polar surface area (TPSA) is 88.3 Å². The van der Waals surface area contributed by atoms with E-state index >= 15 is 0 Å². The van der Waals surface area contributed by atoms with Crippen molar-refractivity contribution in [3.63, 3.8) is 0 Å². The molecule has 0 fully saturated rings. The van der Waals surface area contributed by atoms with Gasteiger partial charge in [-0.15, -0.1) is 0 Å². The predicted octanol–water partition coefficient (Wildman–Crippen LogP) is 2.74. The molecule has 0 aliphatic rings. The van der Waals surface area contributed by atoms with Crippen LogP contribution in [0.1, 0.15) is 0 Å². The minimum atomic E-state index is 0.220. The molecule has 0 N–H and O–H groups in total. The Morgan fingerprint density at radius 1 is 0.789 bits per heavy atom. The summed E-state index contributed by atoms with van der Waals surface area (Å²) in [6, 6.07) is 7.98. The number of isocyanates is 3. The molecule has 19 heavy (non-hydrogen) atoms. The highest BCUT2D eigenvalue weighted by atomic mass is 16.1. The van der Waals surface area contributed by atoms with Crippen LogP contribution >= 0.6 is 0 Å². The summed E-state index contributed by atoms with van der Waals surface area (Å²) in [4.78, 5) is 41.5. The summed E-state index contributed by atoms with van der Waals surface area (Å²) in [6.45, 7) is 0. The number of benzene rings is 2. The van der Waals surface area contributed by atoms with Crippen LogP contribution in [0.4, 0.5) is 17.1 Å². The molecular weight excluding hydrogens is 246 g/mol. The summed E-state index contributed by atoms with van der Waals surface area (Å²) in [6.07, 6.45) is 4.25. The Balaban J connectivity index is 2.82. The molecular formula is C13H5N3O3. The maximum absolute atomic E-state index is 10.4. The van der Waals surface area contributed by atoms with E-state index < -0.39 is 0 Å². The summed E-state index contributed by atoms with van der Waals surface area (Å²) >= 11 is 0. The highest BCUT2D eigenvalue weighted by Gasteiger charge is 2.07. The summed E-state index contributed by atoms with van der Waals surface area (Å²) < 4.78 is 0. The van der Waals surface area contributed by atoms with Crippen molar-refractivity contribution in [2.75, 3.05) is 0 Å². The third kappa shape index (κ3) is 2.41. The Labute approximate surface area is 106 Å². The van der Waals surface area contributed by atoms with Crippen LogP contribution in [-0.4, -0.2) is 18.2 Å². The molecule has 0 aliphatic heterocycles. The molecule has 0 radical (unpaired) electrons. The Kier molecular flexibility index (Phi) is 3.53. The van der Waals surface area contributed by atoms with E-state index in [1.165, 1.54) is 24.3 Å². The molecule has 2 aromatic carbocycles. The van der Waals surface area contributed by atoms with Crippen molar-refractivity contribution in [2.45, 2.75) is 0 Å². The SMILES string of the molecule is O=C=Nc1ccc2c(N=C=O)c(N=C=O)ccc2c1. The smallest absolute Gasteiger partial charge is 0.211 e. The van der Waals surface area contributed by atoms with Crippen LogP contribution in [0.5, 0.6) is 0 Å². The lowest BCUT2D eigenvalue weighted by atomic mass is 10.1. The first-order valence-electron chi connectivity index (χ1n) is 5.10. The van der Waals surface area contributed by atoms with Crippen molar-refractivity contribution in [3.05, 3.63) is 30.3 Å². The summed E-state index contributed by atoms with van der Waals surface area (Å²) in [7, 11) is 0. The van der Waals surface area contributed by atoms with E-state index in [1.54, 1.807) is 24.3 Å². The summed E-state index contributed by atoms with van der Waals surface area (Å²) in [5, 5.41) is 1.28. The molecule has 2 rings (SSSR count). The zero-order valence-electron chi connectivity index (χ0n) is 9.45. The van der Waals surface area contributed by atoms with Gasteiger partial charge in [0.25, 0.3) is 0 Å². The molecule has 0 heterocycles.